The Kier molecular flexibility index (Phi) is 4.86. The molecule has 1 amide bonds. The number of aromatic nitrogens is 2. The number of thiazole rings is 1. The van der Waals surface area contributed by atoms with Crippen molar-refractivity contribution in [2.75, 3.05) is 10.6 Å². The average Bonchev–Trinajstić information content (AvgIpc) is 2.98. The maximum Gasteiger partial charge on any atom is 0.230 e. The summed E-state index contributed by atoms with van der Waals surface area (Å²) in [6.07, 6.45) is 1.96. The first-order chi connectivity index (χ1) is 11.6. The van der Waals surface area contributed by atoms with Gasteiger partial charge in [0.2, 0.25) is 5.91 Å². The predicted molar refractivity (Wildman–Crippen MR) is 97.9 cm³/mol. The first-order valence-electron chi connectivity index (χ1n) is 7.60. The third-order valence-corrected chi connectivity index (χ3v) is 4.27. The van der Waals surface area contributed by atoms with Gasteiger partial charge in [0, 0.05) is 17.3 Å². The molecule has 0 atom stereocenters. The Balaban J connectivity index is 1.62. The monoisotopic (exact) mass is 338 g/mol. The first kappa shape index (κ1) is 16.1. The van der Waals surface area contributed by atoms with E-state index in [-0.39, 0.29) is 12.3 Å². The highest BCUT2D eigenvalue weighted by molar-refractivity contribution is 7.13. The van der Waals surface area contributed by atoms with Crippen molar-refractivity contribution in [3.05, 3.63) is 64.8 Å². The Bertz CT molecular complexity index is 845. The third-order valence-electron chi connectivity index (χ3n) is 3.46. The molecule has 0 fully saturated rings. The molecule has 5 nitrogen and oxygen atoms in total. The highest BCUT2D eigenvalue weighted by Crippen LogP contribution is 2.21. The largest absolute Gasteiger partial charge is 0.325 e. The van der Waals surface area contributed by atoms with Gasteiger partial charge in [-0.05, 0) is 43.2 Å². The molecular weight excluding hydrogens is 320 g/mol. The number of nitrogens with one attached hydrogen (secondary N) is 2. The predicted octanol–water partition coefficient (Wildman–Crippen LogP) is 4.08. The molecule has 2 aromatic heterocycles. The van der Waals surface area contributed by atoms with E-state index in [1.807, 2.05) is 55.6 Å². The van der Waals surface area contributed by atoms with Crippen molar-refractivity contribution in [3.8, 4) is 0 Å². The fourth-order valence-corrected chi connectivity index (χ4v) is 2.94. The number of benzene rings is 1. The number of hydrogen-bond donors (Lipinski definition) is 2. The third kappa shape index (κ3) is 4.17. The second-order valence-corrected chi connectivity index (χ2v) is 6.39. The number of amides is 1. The maximum absolute atomic E-state index is 12.2. The highest BCUT2D eigenvalue weighted by Gasteiger charge is 2.10. The normalized spacial score (nSPS) is 10.4. The Morgan fingerprint density at radius 1 is 1.21 bits per heavy atom. The second-order valence-electron chi connectivity index (χ2n) is 5.53. The van der Waals surface area contributed by atoms with Gasteiger partial charge in [0.25, 0.3) is 0 Å². The fourth-order valence-electron chi connectivity index (χ4n) is 2.22. The van der Waals surface area contributed by atoms with Gasteiger partial charge in [-0.15, -0.1) is 11.3 Å². The zero-order valence-corrected chi connectivity index (χ0v) is 14.4. The lowest BCUT2D eigenvalue weighted by Gasteiger charge is -2.08. The standard InChI is InChI=1S/C18H18N4OS/c1-12-6-7-13(2)15(9-12)21-17(23)10-14-11-24-18(20-14)22-16-5-3-4-8-19-16/h3-9,11H,10H2,1-2H3,(H,21,23)(H,19,20,22). The van der Waals surface area contributed by atoms with Crippen LogP contribution in [0, 0.1) is 13.8 Å². The molecule has 0 saturated heterocycles. The van der Waals surface area contributed by atoms with Gasteiger partial charge in [0.05, 0.1) is 12.1 Å². The molecule has 0 unspecified atom stereocenters. The van der Waals surface area contributed by atoms with E-state index in [1.54, 1.807) is 6.20 Å². The second kappa shape index (κ2) is 7.23. The van der Waals surface area contributed by atoms with E-state index in [1.165, 1.54) is 11.3 Å². The van der Waals surface area contributed by atoms with E-state index in [9.17, 15) is 4.79 Å². The van der Waals surface area contributed by atoms with Gasteiger partial charge in [-0.2, -0.15) is 0 Å². The molecule has 2 N–H and O–H groups in total. The summed E-state index contributed by atoms with van der Waals surface area (Å²) in [7, 11) is 0. The van der Waals surface area contributed by atoms with E-state index in [0.29, 0.717) is 0 Å². The molecule has 0 aliphatic rings. The molecule has 2 heterocycles. The number of carbonyl (C=O) groups excluding carboxylic acids is 1. The molecule has 1 aromatic carbocycles. The van der Waals surface area contributed by atoms with Gasteiger partial charge in [-0.25, -0.2) is 9.97 Å². The number of hydrogen-bond acceptors (Lipinski definition) is 5. The highest BCUT2D eigenvalue weighted by atomic mass is 32.1. The molecule has 0 spiro atoms. The van der Waals surface area contributed by atoms with Crippen LogP contribution in [0.4, 0.5) is 16.6 Å². The molecule has 0 aliphatic carbocycles. The van der Waals surface area contributed by atoms with Gasteiger partial charge < -0.3 is 10.6 Å². The molecule has 0 radical (unpaired) electrons. The Morgan fingerprint density at radius 2 is 2.08 bits per heavy atom. The van der Waals surface area contributed by atoms with Crippen molar-refractivity contribution >= 4 is 33.9 Å². The van der Waals surface area contributed by atoms with Crippen LogP contribution in [-0.4, -0.2) is 15.9 Å². The molecule has 0 saturated carbocycles. The zero-order chi connectivity index (χ0) is 16.9. The van der Waals surface area contributed by atoms with E-state index in [0.717, 1.165) is 33.5 Å². The van der Waals surface area contributed by atoms with Gasteiger partial charge in [0.15, 0.2) is 5.13 Å². The molecule has 122 valence electrons. The van der Waals surface area contributed by atoms with Crippen LogP contribution in [-0.2, 0) is 11.2 Å². The number of pyridine rings is 1. The summed E-state index contributed by atoms with van der Waals surface area (Å²) in [4.78, 5) is 20.9. The maximum atomic E-state index is 12.2. The summed E-state index contributed by atoms with van der Waals surface area (Å²) < 4.78 is 0. The van der Waals surface area contributed by atoms with E-state index >= 15 is 0 Å². The summed E-state index contributed by atoms with van der Waals surface area (Å²) >= 11 is 1.46. The van der Waals surface area contributed by atoms with Gasteiger partial charge >= 0.3 is 0 Å². The summed E-state index contributed by atoms with van der Waals surface area (Å²) in [5, 5.41) is 8.69. The zero-order valence-electron chi connectivity index (χ0n) is 13.5. The molecule has 6 heteroatoms. The number of nitrogens with zero attached hydrogens (tertiary/aromatic N) is 2. The van der Waals surface area contributed by atoms with Gasteiger partial charge in [0.1, 0.15) is 5.82 Å². The number of rotatable bonds is 5. The van der Waals surface area contributed by atoms with E-state index in [4.69, 9.17) is 0 Å². The summed E-state index contributed by atoms with van der Waals surface area (Å²) in [6, 6.07) is 11.6. The van der Waals surface area contributed by atoms with Crippen LogP contribution >= 0.6 is 11.3 Å². The lowest BCUT2D eigenvalue weighted by Crippen LogP contribution is -2.15. The summed E-state index contributed by atoms with van der Waals surface area (Å²) in [5.74, 6) is 0.664. The van der Waals surface area contributed by atoms with Crippen LogP contribution < -0.4 is 10.6 Å². The molecule has 24 heavy (non-hydrogen) atoms. The molecule has 3 rings (SSSR count). The van der Waals surface area contributed by atoms with Crippen LogP contribution in [0.1, 0.15) is 16.8 Å². The minimum Gasteiger partial charge on any atom is -0.325 e. The number of carbonyl (C=O) groups is 1. The average molecular weight is 338 g/mol. The first-order valence-corrected chi connectivity index (χ1v) is 8.48. The van der Waals surface area contributed by atoms with Crippen molar-refractivity contribution in [2.45, 2.75) is 20.3 Å². The lowest BCUT2D eigenvalue weighted by atomic mass is 10.1. The van der Waals surface area contributed by atoms with Crippen LogP contribution in [0.5, 0.6) is 0 Å². The summed E-state index contributed by atoms with van der Waals surface area (Å²) in [5.41, 5.74) is 3.75. The van der Waals surface area contributed by atoms with Crippen molar-refractivity contribution in [2.24, 2.45) is 0 Å². The van der Waals surface area contributed by atoms with Gasteiger partial charge in [-0.3, -0.25) is 4.79 Å². The Hall–Kier alpha value is -2.73. The van der Waals surface area contributed by atoms with Crippen LogP contribution in [0.3, 0.4) is 0 Å². The quantitative estimate of drug-likeness (QED) is 0.735. The van der Waals surface area contributed by atoms with Crippen molar-refractivity contribution in [1.82, 2.24) is 9.97 Å². The van der Waals surface area contributed by atoms with Crippen LogP contribution in [0.15, 0.2) is 48.0 Å². The van der Waals surface area contributed by atoms with Crippen molar-refractivity contribution in [3.63, 3.8) is 0 Å². The Morgan fingerprint density at radius 3 is 2.88 bits per heavy atom. The van der Waals surface area contributed by atoms with Crippen molar-refractivity contribution < 1.29 is 4.79 Å². The van der Waals surface area contributed by atoms with Crippen molar-refractivity contribution in [1.29, 1.82) is 0 Å². The lowest BCUT2D eigenvalue weighted by molar-refractivity contribution is -0.115. The molecular formula is C18H18N4OS. The summed E-state index contributed by atoms with van der Waals surface area (Å²) in [6.45, 7) is 3.98. The smallest absolute Gasteiger partial charge is 0.230 e. The molecule has 3 aromatic rings. The minimum atomic E-state index is -0.0709. The number of aryl methyl sites for hydroxylation is 2. The molecule has 0 aliphatic heterocycles. The SMILES string of the molecule is Cc1ccc(C)c(NC(=O)Cc2csc(Nc3ccccn3)n2)c1. The Labute approximate surface area is 144 Å². The van der Waals surface area contributed by atoms with E-state index < -0.39 is 0 Å². The number of anilines is 3. The van der Waals surface area contributed by atoms with E-state index in [2.05, 4.69) is 20.6 Å². The minimum absolute atomic E-state index is 0.0709. The van der Waals surface area contributed by atoms with Crippen LogP contribution in [0.2, 0.25) is 0 Å². The van der Waals surface area contributed by atoms with Gasteiger partial charge in [-0.1, -0.05) is 18.2 Å². The molecule has 0 bridgehead atoms. The van der Waals surface area contributed by atoms with Crippen LogP contribution in [0.25, 0.3) is 0 Å². The topological polar surface area (TPSA) is 66.9 Å². The fraction of sp³-hybridized carbons (Fsp3) is 0.167.